The van der Waals surface area contributed by atoms with Crippen molar-refractivity contribution in [2.75, 3.05) is 11.9 Å². The van der Waals surface area contributed by atoms with Gasteiger partial charge in [0.05, 0.1) is 18.3 Å². The minimum atomic E-state index is -2.48. The number of ether oxygens (including phenoxy) is 1. The first kappa shape index (κ1) is 21.7. The van der Waals surface area contributed by atoms with Crippen molar-refractivity contribution < 1.29 is 13.5 Å². The largest absolute Gasteiger partial charge is 0.379 e. The van der Waals surface area contributed by atoms with E-state index in [1.807, 2.05) is 19.2 Å². The Kier molecular flexibility index (Phi) is 5.92. The summed E-state index contributed by atoms with van der Waals surface area (Å²) >= 11 is 0. The highest BCUT2D eigenvalue weighted by atomic mass is 19.3. The van der Waals surface area contributed by atoms with Crippen LogP contribution in [0, 0.1) is 6.92 Å². The molecule has 0 aromatic carbocycles. The summed E-state index contributed by atoms with van der Waals surface area (Å²) in [6.45, 7) is 4.07. The first-order chi connectivity index (χ1) is 16.0. The van der Waals surface area contributed by atoms with E-state index in [0.29, 0.717) is 46.4 Å². The first-order valence-electron chi connectivity index (χ1n) is 11.4. The summed E-state index contributed by atoms with van der Waals surface area (Å²) in [6.07, 6.45) is 5.60. The molecule has 0 bridgehead atoms. The maximum atomic E-state index is 13.0. The van der Waals surface area contributed by atoms with E-state index in [2.05, 4.69) is 30.2 Å². The van der Waals surface area contributed by atoms with Crippen LogP contribution in [-0.2, 0) is 11.3 Å². The van der Waals surface area contributed by atoms with Crippen molar-refractivity contribution in [2.45, 2.75) is 64.6 Å². The molecule has 0 atom stereocenters. The van der Waals surface area contributed by atoms with Crippen LogP contribution in [0.2, 0.25) is 0 Å². The van der Waals surface area contributed by atoms with Gasteiger partial charge in [0.25, 0.3) is 6.43 Å². The molecule has 1 aliphatic rings. The fourth-order valence-electron chi connectivity index (χ4n) is 4.60. The number of hydrogen-bond acceptors (Lipinski definition) is 6. The van der Waals surface area contributed by atoms with Crippen molar-refractivity contribution in [3.05, 3.63) is 30.4 Å². The van der Waals surface area contributed by atoms with Gasteiger partial charge in [-0.25, -0.2) is 23.7 Å². The number of aromatic nitrogens is 6. The molecule has 2 N–H and O–H groups in total. The van der Waals surface area contributed by atoms with Crippen LogP contribution >= 0.6 is 0 Å². The van der Waals surface area contributed by atoms with Gasteiger partial charge in [0, 0.05) is 36.0 Å². The Labute approximate surface area is 189 Å². The highest BCUT2D eigenvalue weighted by Crippen LogP contribution is 2.29. The molecule has 0 amide bonds. The molecule has 33 heavy (non-hydrogen) atoms. The van der Waals surface area contributed by atoms with Gasteiger partial charge in [-0.15, -0.1) is 0 Å². The first-order valence-corrected chi connectivity index (χ1v) is 11.4. The SMILES string of the molecule is CCO[C@H]1CC[C@@H](Nc2ncc3c(-c4ccc5nc(C)n(CC(F)F)c5n4)c[nH]c3n2)CC1. The Hall–Kier alpha value is -3.14. The molecule has 174 valence electrons. The van der Waals surface area contributed by atoms with Gasteiger partial charge in [0.1, 0.15) is 17.0 Å². The second kappa shape index (κ2) is 9.01. The van der Waals surface area contributed by atoms with E-state index >= 15 is 0 Å². The van der Waals surface area contributed by atoms with Crippen molar-refractivity contribution in [2.24, 2.45) is 0 Å². The molecule has 0 radical (unpaired) electrons. The summed E-state index contributed by atoms with van der Waals surface area (Å²) in [7, 11) is 0. The third-order valence-electron chi connectivity index (χ3n) is 6.22. The quantitative estimate of drug-likeness (QED) is 0.420. The molecule has 5 rings (SSSR count). The van der Waals surface area contributed by atoms with Crippen molar-refractivity contribution in [1.82, 2.24) is 29.5 Å². The summed E-state index contributed by atoms with van der Waals surface area (Å²) in [5, 5.41) is 4.26. The average Bonchev–Trinajstić information content (AvgIpc) is 3.35. The standard InChI is InChI=1S/C23H27F2N7O/c1-3-33-15-6-4-14(5-7-15)29-23-27-11-17-16(10-26-21(17)31-23)18-8-9-19-22(30-18)32(12-20(24)25)13(2)28-19/h8-11,14-15,20H,3-7,12H2,1-2H3,(H2,26,27,29,31)/t14-,15+. The molecule has 4 aromatic heterocycles. The van der Waals surface area contributed by atoms with E-state index in [1.54, 1.807) is 19.2 Å². The Morgan fingerprint density at radius 2 is 2.00 bits per heavy atom. The van der Waals surface area contributed by atoms with Gasteiger partial charge < -0.3 is 19.6 Å². The highest BCUT2D eigenvalue weighted by molar-refractivity contribution is 5.93. The van der Waals surface area contributed by atoms with Crippen molar-refractivity contribution >= 4 is 28.1 Å². The number of H-pyrrole nitrogens is 1. The number of nitrogens with one attached hydrogen (secondary N) is 2. The van der Waals surface area contributed by atoms with Crippen LogP contribution in [0.5, 0.6) is 0 Å². The normalized spacial score (nSPS) is 19.1. The summed E-state index contributed by atoms with van der Waals surface area (Å²) in [4.78, 5) is 21.4. The molecule has 1 saturated carbocycles. The average molecular weight is 456 g/mol. The van der Waals surface area contributed by atoms with Gasteiger partial charge >= 0.3 is 0 Å². The number of nitrogens with zero attached hydrogens (tertiary/aromatic N) is 5. The summed E-state index contributed by atoms with van der Waals surface area (Å²) < 4.78 is 33.3. The zero-order valence-corrected chi connectivity index (χ0v) is 18.7. The minimum Gasteiger partial charge on any atom is -0.379 e. The maximum absolute atomic E-state index is 13.0. The molecule has 0 spiro atoms. The van der Waals surface area contributed by atoms with Gasteiger partial charge in [0.2, 0.25) is 5.95 Å². The second-order valence-corrected chi connectivity index (χ2v) is 8.43. The van der Waals surface area contributed by atoms with Crippen LogP contribution in [0.3, 0.4) is 0 Å². The van der Waals surface area contributed by atoms with Crippen molar-refractivity contribution in [3.8, 4) is 11.3 Å². The number of fused-ring (bicyclic) bond motifs is 2. The summed E-state index contributed by atoms with van der Waals surface area (Å²) in [6, 6.07) is 3.98. The van der Waals surface area contributed by atoms with Crippen LogP contribution in [-0.4, -0.2) is 54.7 Å². The van der Waals surface area contributed by atoms with Gasteiger partial charge in [-0.1, -0.05) is 0 Å². The molecule has 0 unspecified atom stereocenters. The smallest absolute Gasteiger partial charge is 0.256 e. The van der Waals surface area contributed by atoms with E-state index in [4.69, 9.17) is 4.74 Å². The van der Waals surface area contributed by atoms with E-state index in [-0.39, 0.29) is 0 Å². The molecule has 8 nitrogen and oxygen atoms in total. The topological polar surface area (TPSA) is 93.5 Å². The molecular weight excluding hydrogens is 428 g/mol. The lowest BCUT2D eigenvalue weighted by Crippen LogP contribution is -2.30. The van der Waals surface area contributed by atoms with E-state index in [0.717, 1.165) is 43.2 Å². The van der Waals surface area contributed by atoms with Gasteiger partial charge in [0.15, 0.2) is 5.65 Å². The molecular formula is C23H27F2N7O. The molecule has 10 heteroatoms. The summed E-state index contributed by atoms with van der Waals surface area (Å²) in [5.41, 5.74) is 3.21. The molecule has 4 aromatic rings. The maximum Gasteiger partial charge on any atom is 0.256 e. The minimum absolute atomic E-state index is 0.330. The van der Waals surface area contributed by atoms with Gasteiger partial charge in [-0.05, 0) is 51.7 Å². The number of anilines is 1. The van der Waals surface area contributed by atoms with Crippen molar-refractivity contribution in [3.63, 3.8) is 0 Å². The number of halogens is 2. The van der Waals surface area contributed by atoms with Gasteiger partial charge in [-0.3, -0.25) is 0 Å². The zero-order valence-electron chi connectivity index (χ0n) is 18.7. The van der Waals surface area contributed by atoms with Crippen LogP contribution < -0.4 is 5.32 Å². The number of hydrogen-bond donors (Lipinski definition) is 2. The van der Waals surface area contributed by atoms with Crippen LogP contribution in [0.15, 0.2) is 24.5 Å². The number of imidazole rings is 1. The van der Waals surface area contributed by atoms with Crippen molar-refractivity contribution in [1.29, 1.82) is 0 Å². The van der Waals surface area contributed by atoms with Crippen LogP contribution in [0.4, 0.5) is 14.7 Å². The molecule has 0 saturated heterocycles. The highest BCUT2D eigenvalue weighted by Gasteiger charge is 2.22. The summed E-state index contributed by atoms with van der Waals surface area (Å²) in [5.74, 6) is 1.10. The third kappa shape index (κ3) is 4.39. The monoisotopic (exact) mass is 455 g/mol. The number of aromatic amines is 1. The number of pyridine rings is 1. The van der Waals surface area contributed by atoms with Crippen LogP contribution in [0.25, 0.3) is 33.5 Å². The van der Waals surface area contributed by atoms with Gasteiger partial charge in [-0.2, -0.15) is 4.98 Å². The Morgan fingerprint density at radius 1 is 1.18 bits per heavy atom. The number of alkyl halides is 2. The Bertz CT molecular complexity index is 1260. The fraction of sp³-hybridized carbons (Fsp3) is 0.478. The lowest BCUT2D eigenvalue weighted by molar-refractivity contribution is 0.0346. The predicted octanol–water partition coefficient (Wildman–Crippen LogP) is 4.70. The Morgan fingerprint density at radius 3 is 2.76 bits per heavy atom. The molecule has 4 heterocycles. The van der Waals surface area contributed by atoms with E-state index in [9.17, 15) is 8.78 Å². The van der Waals surface area contributed by atoms with E-state index in [1.165, 1.54) is 4.57 Å². The number of rotatable bonds is 7. The molecule has 1 aliphatic carbocycles. The fourth-order valence-corrected chi connectivity index (χ4v) is 4.60. The van der Waals surface area contributed by atoms with Crippen LogP contribution in [0.1, 0.15) is 38.4 Å². The lowest BCUT2D eigenvalue weighted by Gasteiger charge is -2.28. The van der Waals surface area contributed by atoms with E-state index < -0.39 is 13.0 Å². The zero-order chi connectivity index (χ0) is 22.9. The lowest BCUT2D eigenvalue weighted by atomic mass is 9.93. The second-order valence-electron chi connectivity index (χ2n) is 8.43. The predicted molar refractivity (Wildman–Crippen MR) is 122 cm³/mol. The third-order valence-corrected chi connectivity index (χ3v) is 6.22. The Balaban J connectivity index is 1.38. The molecule has 1 fully saturated rings. The molecule has 0 aliphatic heterocycles. The number of aryl methyl sites for hydroxylation is 1.